The maximum Gasteiger partial charge on any atom is 0.307 e. The molecule has 1 aliphatic carbocycles. The Bertz CT molecular complexity index is 557. The molecule has 134 valence electrons. The van der Waals surface area contributed by atoms with Crippen LogP contribution < -0.4 is 0 Å². The van der Waals surface area contributed by atoms with Crippen molar-refractivity contribution in [2.45, 2.75) is 53.0 Å². The molecule has 0 aromatic heterocycles. The summed E-state index contributed by atoms with van der Waals surface area (Å²) >= 11 is 0. The van der Waals surface area contributed by atoms with Gasteiger partial charge in [0, 0.05) is 18.0 Å². The first-order valence-electron chi connectivity index (χ1n) is 8.53. The van der Waals surface area contributed by atoms with E-state index in [9.17, 15) is 13.2 Å². The summed E-state index contributed by atoms with van der Waals surface area (Å²) in [4.78, 5) is 14.2. The van der Waals surface area contributed by atoms with Gasteiger partial charge in [-0.2, -0.15) is 0 Å². The van der Waals surface area contributed by atoms with Crippen LogP contribution in [0.2, 0.25) is 0 Å². The van der Waals surface area contributed by atoms with Gasteiger partial charge in [-0.05, 0) is 31.2 Å². The SMILES string of the molecule is C[C@H]1CC[C@@](C)(COC(=O)CC2CS(=O)(=O)CCN2C)C1(C)C. The van der Waals surface area contributed by atoms with Crippen molar-refractivity contribution >= 4 is 15.8 Å². The topological polar surface area (TPSA) is 63.7 Å². The lowest BCUT2D eigenvalue weighted by Gasteiger charge is -2.40. The maximum absolute atomic E-state index is 12.2. The predicted octanol–water partition coefficient (Wildman–Crippen LogP) is 2.11. The van der Waals surface area contributed by atoms with E-state index in [4.69, 9.17) is 4.74 Å². The van der Waals surface area contributed by atoms with Crippen LogP contribution in [0.15, 0.2) is 0 Å². The molecule has 0 N–H and O–H groups in total. The smallest absolute Gasteiger partial charge is 0.307 e. The molecule has 0 bridgehead atoms. The average molecular weight is 346 g/mol. The fourth-order valence-electron chi connectivity index (χ4n) is 3.75. The molecule has 1 heterocycles. The number of hydrogen-bond acceptors (Lipinski definition) is 5. The Hall–Kier alpha value is -0.620. The van der Waals surface area contributed by atoms with Crippen LogP contribution in [-0.2, 0) is 19.4 Å². The highest BCUT2D eigenvalue weighted by Gasteiger charge is 2.50. The minimum absolute atomic E-state index is 0.00732. The molecular formula is C17H31NO4S. The van der Waals surface area contributed by atoms with E-state index in [1.54, 1.807) is 0 Å². The van der Waals surface area contributed by atoms with E-state index in [1.165, 1.54) is 0 Å². The molecule has 23 heavy (non-hydrogen) atoms. The van der Waals surface area contributed by atoms with Crippen LogP contribution in [0.4, 0.5) is 0 Å². The molecule has 1 saturated carbocycles. The zero-order valence-electron chi connectivity index (χ0n) is 15.1. The summed E-state index contributed by atoms with van der Waals surface area (Å²) in [6.07, 6.45) is 2.37. The van der Waals surface area contributed by atoms with E-state index in [1.807, 2.05) is 11.9 Å². The molecule has 2 aliphatic rings. The van der Waals surface area contributed by atoms with Crippen LogP contribution in [0.25, 0.3) is 0 Å². The average Bonchev–Trinajstić information content (AvgIpc) is 2.65. The highest BCUT2D eigenvalue weighted by atomic mass is 32.2. The second-order valence-electron chi connectivity index (χ2n) is 8.34. The van der Waals surface area contributed by atoms with Gasteiger partial charge in [-0.3, -0.25) is 4.79 Å². The molecule has 1 unspecified atom stereocenters. The monoisotopic (exact) mass is 345 g/mol. The molecule has 1 saturated heterocycles. The lowest BCUT2D eigenvalue weighted by atomic mass is 9.66. The Morgan fingerprint density at radius 2 is 1.96 bits per heavy atom. The van der Waals surface area contributed by atoms with Crippen LogP contribution in [0.1, 0.15) is 47.0 Å². The number of carbonyl (C=O) groups excluding carboxylic acids is 1. The minimum Gasteiger partial charge on any atom is -0.465 e. The normalized spacial score (nSPS) is 36.7. The number of hydrogen-bond donors (Lipinski definition) is 0. The Morgan fingerprint density at radius 1 is 1.30 bits per heavy atom. The van der Waals surface area contributed by atoms with Gasteiger partial charge >= 0.3 is 5.97 Å². The van der Waals surface area contributed by atoms with Crippen molar-refractivity contribution in [3.63, 3.8) is 0 Å². The van der Waals surface area contributed by atoms with E-state index in [2.05, 4.69) is 27.7 Å². The van der Waals surface area contributed by atoms with Crippen LogP contribution in [0.3, 0.4) is 0 Å². The van der Waals surface area contributed by atoms with Gasteiger partial charge in [-0.15, -0.1) is 0 Å². The van der Waals surface area contributed by atoms with Crippen LogP contribution in [-0.4, -0.2) is 57.0 Å². The van der Waals surface area contributed by atoms with Gasteiger partial charge in [0.05, 0.1) is 24.5 Å². The van der Waals surface area contributed by atoms with Crippen molar-refractivity contribution in [3.05, 3.63) is 0 Å². The van der Waals surface area contributed by atoms with Crippen molar-refractivity contribution in [2.75, 3.05) is 31.7 Å². The van der Waals surface area contributed by atoms with E-state index >= 15 is 0 Å². The fourth-order valence-corrected chi connectivity index (χ4v) is 5.44. The minimum atomic E-state index is -3.03. The largest absolute Gasteiger partial charge is 0.465 e. The fraction of sp³-hybridized carbons (Fsp3) is 0.941. The van der Waals surface area contributed by atoms with E-state index in [0.717, 1.165) is 12.8 Å². The van der Waals surface area contributed by atoms with Crippen molar-refractivity contribution in [1.82, 2.24) is 4.90 Å². The lowest BCUT2D eigenvalue weighted by molar-refractivity contribution is -0.150. The quantitative estimate of drug-likeness (QED) is 0.730. The van der Waals surface area contributed by atoms with E-state index in [-0.39, 0.29) is 40.8 Å². The Labute approximate surface area is 140 Å². The number of esters is 1. The van der Waals surface area contributed by atoms with Gasteiger partial charge in [-0.1, -0.05) is 27.7 Å². The zero-order chi connectivity index (χ0) is 17.5. The summed E-state index contributed by atoms with van der Waals surface area (Å²) in [6, 6.07) is -0.260. The van der Waals surface area contributed by atoms with Crippen LogP contribution in [0.5, 0.6) is 0 Å². The third kappa shape index (κ3) is 3.90. The van der Waals surface area contributed by atoms with Gasteiger partial charge in [-0.25, -0.2) is 8.42 Å². The van der Waals surface area contributed by atoms with E-state index in [0.29, 0.717) is 19.1 Å². The molecule has 2 fully saturated rings. The molecule has 2 rings (SSSR count). The van der Waals surface area contributed by atoms with Gasteiger partial charge in [0.25, 0.3) is 0 Å². The van der Waals surface area contributed by atoms with Gasteiger partial charge in [0.1, 0.15) is 0 Å². The number of rotatable bonds is 4. The highest BCUT2D eigenvalue weighted by Crippen LogP contribution is 2.55. The Morgan fingerprint density at radius 3 is 2.52 bits per heavy atom. The standard InChI is InChI=1S/C17H31NO4S/c1-13-6-7-17(4,16(13,2)3)12-22-15(19)10-14-11-23(20,21)9-8-18(14)5/h13-14H,6-12H2,1-5H3/t13-,14?,17-/m0/s1. The second-order valence-corrected chi connectivity index (χ2v) is 10.6. The molecule has 0 spiro atoms. The van der Waals surface area contributed by atoms with Gasteiger partial charge in [0.2, 0.25) is 0 Å². The van der Waals surface area contributed by atoms with Crippen molar-refractivity contribution in [2.24, 2.45) is 16.7 Å². The van der Waals surface area contributed by atoms with E-state index < -0.39 is 9.84 Å². The molecule has 0 amide bonds. The molecule has 5 nitrogen and oxygen atoms in total. The molecule has 3 atom stereocenters. The summed E-state index contributed by atoms with van der Waals surface area (Å²) in [5.41, 5.74) is 0.130. The first-order valence-corrected chi connectivity index (χ1v) is 10.4. The summed E-state index contributed by atoms with van der Waals surface area (Å²) < 4.78 is 29.1. The molecule has 1 aliphatic heterocycles. The Balaban J connectivity index is 1.90. The highest BCUT2D eigenvalue weighted by molar-refractivity contribution is 7.91. The third-order valence-corrected chi connectivity index (χ3v) is 8.39. The predicted molar refractivity (Wildman–Crippen MR) is 90.9 cm³/mol. The number of sulfone groups is 1. The van der Waals surface area contributed by atoms with Crippen molar-refractivity contribution in [3.8, 4) is 0 Å². The van der Waals surface area contributed by atoms with Crippen LogP contribution in [0, 0.1) is 16.7 Å². The maximum atomic E-state index is 12.2. The zero-order valence-corrected chi connectivity index (χ0v) is 15.9. The molecule has 6 heteroatoms. The summed E-state index contributed by atoms with van der Waals surface area (Å²) in [7, 11) is -1.16. The first-order chi connectivity index (χ1) is 10.5. The molecular weight excluding hydrogens is 314 g/mol. The van der Waals surface area contributed by atoms with Gasteiger partial charge in [0.15, 0.2) is 9.84 Å². The van der Waals surface area contributed by atoms with Crippen LogP contribution >= 0.6 is 0 Å². The number of carbonyl (C=O) groups is 1. The van der Waals surface area contributed by atoms with Crippen molar-refractivity contribution < 1.29 is 17.9 Å². The molecule has 0 aromatic carbocycles. The number of nitrogens with zero attached hydrogens (tertiary/aromatic N) is 1. The number of ether oxygens (including phenoxy) is 1. The Kier molecular flexibility index (Phi) is 5.17. The molecule has 0 radical (unpaired) electrons. The summed E-state index contributed by atoms with van der Waals surface area (Å²) in [5, 5.41) is 0. The third-order valence-electron chi connectivity index (χ3n) is 6.70. The summed E-state index contributed by atoms with van der Waals surface area (Å²) in [6.45, 7) is 9.87. The van der Waals surface area contributed by atoms with Gasteiger partial charge < -0.3 is 9.64 Å². The summed E-state index contributed by atoms with van der Waals surface area (Å²) in [5.74, 6) is 0.564. The molecule has 0 aromatic rings. The first kappa shape index (κ1) is 18.7. The lowest BCUT2D eigenvalue weighted by Crippen LogP contribution is -2.47. The second kappa shape index (κ2) is 6.36. The van der Waals surface area contributed by atoms with Crippen molar-refractivity contribution in [1.29, 1.82) is 0 Å².